The van der Waals surface area contributed by atoms with Crippen LogP contribution >= 0.6 is 0 Å². The molecule has 4 rings (SSSR count). The summed E-state index contributed by atoms with van der Waals surface area (Å²) in [5.41, 5.74) is 11.0. The van der Waals surface area contributed by atoms with Crippen molar-refractivity contribution in [1.29, 1.82) is 0 Å². The van der Waals surface area contributed by atoms with Crippen LogP contribution in [0.1, 0.15) is 27.0 Å². The Bertz CT molecular complexity index is 1000. The van der Waals surface area contributed by atoms with Crippen LogP contribution in [0.25, 0.3) is 0 Å². The Morgan fingerprint density at radius 1 is 0.962 bits per heavy atom. The van der Waals surface area contributed by atoms with Gasteiger partial charge in [0.1, 0.15) is 11.5 Å². The molecule has 2 N–H and O–H groups in total. The first-order chi connectivity index (χ1) is 12.6. The number of amides is 1. The van der Waals surface area contributed by atoms with E-state index in [1.165, 1.54) is 5.56 Å². The predicted molar refractivity (Wildman–Crippen MR) is 103 cm³/mol. The fourth-order valence-electron chi connectivity index (χ4n) is 2.96. The lowest BCUT2D eigenvalue weighted by atomic mass is 10.0. The highest BCUT2D eigenvalue weighted by molar-refractivity contribution is 6.07. The number of rotatable bonds is 4. The van der Waals surface area contributed by atoms with Crippen LogP contribution in [0, 0.1) is 6.92 Å². The van der Waals surface area contributed by atoms with E-state index in [-0.39, 0.29) is 0 Å². The highest BCUT2D eigenvalue weighted by Crippen LogP contribution is 2.30. The summed E-state index contributed by atoms with van der Waals surface area (Å²) in [6.07, 6.45) is 0.743. The van der Waals surface area contributed by atoms with Crippen LogP contribution in [-0.2, 0) is 6.42 Å². The van der Waals surface area contributed by atoms with Crippen molar-refractivity contribution >= 4 is 17.3 Å². The van der Waals surface area contributed by atoms with Crippen molar-refractivity contribution in [1.82, 2.24) is 0 Å². The van der Waals surface area contributed by atoms with Crippen molar-refractivity contribution in [3.05, 3.63) is 89.0 Å². The zero-order chi connectivity index (χ0) is 18.1. The second kappa shape index (κ2) is 6.48. The van der Waals surface area contributed by atoms with E-state index in [9.17, 15) is 4.79 Å². The first-order valence-electron chi connectivity index (χ1n) is 8.44. The Hall–Kier alpha value is -3.40. The van der Waals surface area contributed by atoms with Gasteiger partial charge in [-0.15, -0.1) is 0 Å². The maximum Gasteiger partial charge on any atom is 0.248 e. The second-order valence-electron chi connectivity index (χ2n) is 6.38. The molecule has 0 fully saturated rings. The van der Waals surface area contributed by atoms with Gasteiger partial charge in [0.05, 0.1) is 11.4 Å². The Kier molecular flexibility index (Phi) is 4.01. The highest BCUT2D eigenvalue weighted by atomic mass is 16.5. The molecule has 0 saturated carbocycles. The standard InChI is InChI=1S/C22H18N2O2/c1-14-2-8-18(9-3-14)26-19-10-6-15(7-11-19)20-12-16-4-5-17(22(23)25)13-21(16)24-20/h2-11,13H,12H2,1H3,(H2,23,25). The van der Waals surface area contributed by atoms with Gasteiger partial charge in [-0.3, -0.25) is 9.79 Å². The van der Waals surface area contributed by atoms with Crippen LogP contribution in [0.4, 0.5) is 5.69 Å². The molecular weight excluding hydrogens is 324 g/mol. The molecule has 1 heterocycles. The summed E-state index contributed by atoms with van der Waals surface area (Å²) in [6, 6.07) is 21.3. The predicted octanol–water partition coefficient (Wildman–Crippen LogP) is 4.56. The molecule has 1 amide bonds. The summed E-state index contributed by atoms with van der Waals surface area (Å²) in [7, 11) is 0. The normalized spacial score (nSPS) is 12.4. The van der Waals surface area contributed by atoms with Crippen LogP contribution in [0.5, 0.6) is 11.5 Å². The summed E-state index contributed by atoms with van der Waals surface area (Å²) in [4.78, 5) is 16.0. The third-order valence-corrected chi connectivity index (χ3v) is 4.43. The van der Waals surface area contributed by atoms with E-state index in [1.54, 1.807) is 12.1 Å². The molecule has 0 aliphatic carbocycles. The van der Waals surface area contributed by atoms with Gasteiger partial charge in [0.2, 0.25) is 5.91 Å². The Balaban J connectivity index is 1.53. The minimum Gasteiger partial charge on any atom is -0.457 e. The SMILES string of the molecule is Cc1ccc(Oc2ccc(C3=Nc4cc(C(N)=O)ccc4C3)cc2)cc1. The Labute approximate surface area is 152 Å². The molecule has 0 bridgehead atoms. The lowest BCUT2D eigenvalue weighted by Crippen LogP contribution is -2.10. The third-order valence-electron chi connectivity index (χ3n) is 4.43. The molecule has 0 atom stereocenters. The largest absolute Gasteiger partial charge is 0.457 e. The summed E-state index contributed by atoms with van der Waals surface area (Å²) >= 11 is 0. The number of carbonyl (C=O) groups is 1. The topological polar surface area (TPSA) is 64.7 Å². The number of aliphatic imine (C=N–C) groups is 1. The van der Waals surface area contributed by atoms with Gasteiger partial charge in [0.15, 0.2) is 0 Å². The fourth-order valence-corrected chi connectivity index (χ4v) is 2.96. The van der Waals surface area contributed by atoms with Gasteiger partial charge < -0.3 is 10.5 Å². The molecule has 0 saturated heterocycles. The molecule has 4 heteroatoms. The van der Waals surface area contributed by atoms with E-state index < -0.39 is 5.91 Å². The van der Waals surface area contributed by atoms with Crippen LogP contribution in [0.15, 0.2) is 71.7 Å². The lowest BCUT2D eigenvalue weighted by Gasteiger charge is -2.07. The summed E-state index contributed by atoms with van der Waals surface area (Å²) in [5, 5.41) is 0. The van der Waals surface area contributed by atoms with Crippen molar-refractivity contribution in [2.24, 2.45) is 10.7 Å². The molecular formula is C22H18N2O2. The van der Waals surface area contributed by atoms with Crippen LogP contribution < -0.4 is 10.5 Å². The van der Waals surface area contributed by atoms with E-state index in [2.05, 4.69) is 4.99 Å². The number of aryl methyl sites for hydroxylation is 1. The zero-order valence-corrected chi connectivity index (χ0v) is 14.4. The van der Waals surface area contributed by atoms with Gasteiger partial charge in [-0.25, -0.2) is 0 Å². The van der Waals surface area contributed by atoms with Gasteiger partial charge in [0.25, 0.3) is 0 Å². The molecule has 0 radical (unpaired) electrons. The van der Waals surface area contributed by atoms with E-state index in [4.69, 9.17) is 10.5 Å². The molecule has 3 aromatic carbocycles. The van der Waals surface area contributed by atoms with Gasteiger partial charge >= 0.3 is 0 Å². The third kappa shape index (κ3) is 3.22. The van der Waals surface area contributed by atoms with Crippen molar-refractivity contribution in [2.45, 2.75) is 13.3 Å². The minimum absolute atomic E-state index is 0.436. The van der Waals surface area contributed by atoms with E-state index in [1.807, 2.05) is 61.5 Å². The van der Waals surface area contributed by atoms with E-state index >= 15 is 0 Å². The number of hydrogen-bond acceptors (Lipinski definition) is 3. The quantitative estimate of drug-likeness (QED) is 0.755. The first-order valence-corrected chi connectivity index (χ1v) is 8.44. The molecule has 1 aliphatic rings. The number of primary amides is 1. The van der Waals surface area contributed by atoms with E-state index in [0.717, 1.165) is 40.4 Å². The molecule has 0 unspecified atom stereocenters. The molecule has 1 aliphatic heterocycles. The summed E-state index contributed by atoms with van der Waals surface area (Å²) < 4.78 is 5.86. The number of fused-ring (bicyclic) bond motifs is 1. The molecule has 3 aromatic rings. The molecule has 128 valence electrons. The number of nitrogens with zero attached hydrogens (tertiary/aromatic N) is 1. The average molecular weight is 342 g/mol. The lowest BCUT2D eigenvalue weighted by molar-refractivity contribution is 0.100. The number of ether oxygens (including phenoxy) is 1. The zero-order valence-electron chi connectivity index (χ0n) is 14.4. The highest BCUT2D eigenvalue weighted by Gasteiger charge is 2.17. The molecule has 0 aromatic heterocycles. The molecule has 4 nitrogen and oxygen atoms in total. The van der Waals surface area contributed by atoms with Gasteiger partial charge in [-0.05, 0) is 66.6 Å². The first kappa shape index (κ1) is 16.1. The number of hydrogen-bond donors (Lipinski definition) is 1. The van der Waals surface area contributed by atoms with Crippen molar-refractivity contribution in [3.8, 4) is 11.5 Å². The van der Waals surface area contributed by atoms with Crippen molar-refractivity contribution in [2.75, 3.05) is 0 Å². The van der Waals surface area contributed by atoms with Gasteiger partial charge in [-0.2, -0.15) is 0 Å². The average Bonchev–Trinajstić information content (AvgIpc) is 3.07. The summed E-state index contributed by atoms with van der Waals surface area (Å²) in [6.45, 7) is 2.05. The molecule has 0 spiro atoms. The monoisotopic (exact) mass is 342 g/mol. The Morgan fingerprint density at radius 3 is 2.27 bits per heavy atom. The molecule has 26 heavy (non-hydrogen) atoms. The second-order valence-corrected chi connectivity index (χ2v) is 6.38. The fraction of sp³-hybridized carbons (Fsp3) is 0.0909. The van der Waals surface area contributed by atoms with Crippen LogP contribution in [0.2, 0.25) is 0 Å². The van der Waals surface area contributed by atoms with Crippen LogP contribution in [-0.4, -0.2) is 11.6 Å². The number of nitrogens with two attached hydrogens (primary N) is 1. The number of benzene rings is 3. The van der Waals surface area contributed by atoms with Crippen molar-refractivity contribution < 1.29 is 9.53 Å². The van der Waals surface area contributed by atoms with Crippen LogP contribution in [0.3, 0.4) is 0 Å². The van der Waals surface area contributed by atoms with E-state index in [0.29, 0.717) is 5.56 Å². The van der Waals surface area contributed by atoms with Gasteiger partial charge in [0, 0.05) is 12.0 Å². The van der Waals surface area contributed by atoms with Gasteiger partial charge in [-0.1, -0.05) is 23.8 Å². The maximum atomic E-state index is 11.3. The van der Waals surface area contributed by atoms with Crippen molar-refractivity contribution in [3.63, 3.8) is 0 Å². The number of carbonyl (C=O) groups excluding carboxylic acids is 1. The minimum atomic E-state index is -0.436. The smallest absolute Gasteiger partial charge is 0.248 e. The Morgan fingerprint density at radius 2 is 1.62 bits per heavy atom. The maximum absolute atomic E-state index is 11.3. The summed E-state index contributed by atoms with van der Waals surface area (Å²) in [5.74, 6) is 1.16.